The molecule has 0 fully saturated rings. The van der Waals surface area contributed by atoms with Crippen LogP contribution in [0.4, 0.5) is 0 Å². The molecule has 0 aromatic heterocycles. The van der Waals surface area contributed by atoms with E-state index < -0.39 is 0 Å². The van der Waals surface area contributed by atoms with Gasteiger partial charge in [-0.25, -0.2) is 0 Å². The molecule has 0 saturated heterocycles. The molecule has 0 aliphatic heterocycles. The minimum absolute atomic E-state index is 0.369. The standard InChI is InChI=1S/C11H10ClO/c12-11-7-5-10(6-8-11)4-2-1-3-9-13/h1-2,5-8H,3-4H2/b2-1+. The van der Waals surface area contributed by atoms with Crippen molar-refractivity contribution in [2.75, 3.05) is 0 Å². The molecule has 1 rings (SSSR count). The van der Waals surface area contributed by atoms with E-state index in [1.807, 2.05) is 36.4 Å². The predicted molar refractivity (Wildman–Crippen MR) is 54.6 cm³/mol. The lowest BCUT2D eigenvalue weighted by molar-refractivity contribution is 0.556. The van der Waals surface area contributed by atoms with E-state index in [1.165, 1.54) is 5.56 Å². The van der Waals surface area contributed by atoms with E-state index in [0.717, 1.165) is 11.4 Å². The van der Waals surface area contributed by atoms with Gasteiger partial charge < -0.3 is 0 Å². The molecule has 0 amide bonds. The van der Waals surface area contributed by atoms with Crippen molar-refractivity contribution in [2.45, 2.75) is 12.8 Å². The monoisotopic (exact) mass is 193 g/mol. The van der Waals surface area contributed by atoms with Crippen LogP contribution in [0.15, 0.2) is 36.4 Å². The largest absolute Gasteiger partial charge is 0.291 e. The first-order chi connectivity index (χ1) is 6.33. The average molecular weight is 194 g/mol. The van der Waals surface area contributed by atoms with Crippen molar-refractivity contribution in [3.05, 3.63) is 47.0 Å². The maximum Gasteiger partial charge on any atom is 0.202 e. The van der Waals surface area contributed by atoms with Gasteiger partial charge in [-0.2, -0.15) is 0 Å². The summed E-state index contributed by atoms with van der Waals surface area (Å²) in [5, 5.41) is 0.744. The summed E-state index contributed by atoms with van der Waals surface area (Å²) in [6.45, 7) is 0. The minimum Gasteiger partial charge on any atom is -0.291 e. The fourth-order valence-corrected chi connectivity index (χ4v) is 1.10. The highest BCUT2D eigenvalue weighted by Crippen LogP contribution is 2.10. The molecule has 2 heteroatoms. The van der Waals surface area contributed by atoms with E-state index in [4.69, 9.17) is 11.6 Å². The second-order valence-electron chi connectivity index (χ2n) is 2.65. The predicted octanol–water partition coefficient (Wildman–Crippen LogP) is 2.94. The highest BCUT2D eigenvalue weighted by atomic mass is 35.5. The Balaban J connectivity index is 2.45. The molecule has 0 spiro atoms. The number of hydrogen-bond donors (Lipinski definition) is 0. The normalized spacial score (nSPS) is 10.5. The number of halogens is 1. The van der Waals surface area contributed by atoms with Crippen molar-refractivity contribution in [3.63, 3.8) is 0 Å². The van der Waals surface area contributed by atoms with Crippen molar-refractivity contribution in [1.29, 1.82) is 0 Å². The molecule has 0 atom stereocenters. The van der Waals surface area contributed by atoms with Gasteiger partial charge in [-0.1, -0.05) is 35.9 Å². The summed E-state index contributed by atoms with van der Waals surface area (Å²) in [5.74, 6) is 0. The Bertz CT molecular complexity index is 287. The fourth-order valence-electron chi connectivity index (χ4n) is 0.971. The summed E-state index contributed by atoms with van der Waals surface area (Å²) in [4.78, 5) is 9.87. The molecular formula is C11H10ClO. The van der Waals surface area contributed by atoms with Crippen molar-refractivity contribution >= 4 is 17.9 Å². The molecule has 1 aromatic rings. The van der Waals surface area contributed by atoms with Gasteiger partial charge in [0, 0.05) is 11.4 Å². The van der Waals surface area contributed by atoms with Gasteiger partial charge in [0.15, 0.2) is 0 Å². The molecule has 1 aromatic carbocycles. The lowest BCUT2D eigenvalue weighted by Crippen LogP contribution is -1.79. The van der Waals surface area contributed by atoms with E-state index in [1.54, 1.807) is 6.29 Å². The maximum atomic E-state index is 9.87. The minimum atomic E-state index is 0.369. The molecule has 67 valence electrons. The molecule has 0 unspecified atom stereocenters. The topological polar surface area (TPSA) is 17.1 Å². The number of rotatable bonds is 4. The highest BCUT2D eigenvalue weighted by molar-refractivity contribution is 6.30. The summed E-state index contributed by atoms with van der Waals surface area (Å²) in [6.07, 6.45) is 6.77. The van der Waals surface area contributed by atoms with Crippen LogP contribution in [0.5, 0.6) is 0 Å². The zero-order valence-corrected chi connectivity index (χ0v) is 7.92. The van der Waals surface area contributed by atoms with Gasteiger partial charge in [0.05, 0.1) is 0 Å². The number of carbonyl (C=O) groups excluding carboxylic acids is 1. The van der Waals surface area contributed by atoms with E-state index in [9.17, 15) is 4.79 Å². The molecule has 0 aliphatic carbocycles. The first-order valence-electron chi connectivity index (χ1n) is 4.07. The molecule has 0 bridgehead atoms. The zero-order chi connectivity index (χ0) is 9.52. The lowest BCUT2D eigenvalue weighted by Gasteiger charge is -1.95. The Labute approximate surface area is 83.0 Å². The van der Waals surface area contributed by atoms with E-state index in [2.05, 4.69) is 0 Å². The van der Waals surface area contributed by atoms with Gasteiger partial charge in [0.2, 0.25) is 6.29 Å². The van der Waals surface area contributed by atoms with Gasteiger partial charge in [-0.15, -0.1) is 0 Å². The summed E-state index contributed by atoms with van der Waals surface area (Å²) >= 11 is 5.73. The molecule has 0 heterocycles. The fraction of sp³-hybridized carbons (Fsp3) is 0.182. The van der Waals surface area contributed by atoms with Crippen LogP contribution >= 0.6 is 11.6 Å². The third kappa shape index (κ3) is 3.90. The van der Waals surface area contributed by atoms with Gasteiger partial charge in [0.1, 0.15) is 0 Å². The maximum absolute atomic E-state index is 9.87. The summed E-state index contributed by atoms with van der Waals surface area (Å²) < 4.78 is 0. The highest BCUT2D eigenvalue weighted by Gasteiger charge is 1.89. The molecule has 1 nitrogen and oxygen atoms in total. The Morgan fingerprint density at radius 2 is 1.92 bits per heavy atom. The summed E-state index contributed by atoms with van der Waals surface area (Å²) in [7, 11) is 0. The number of allylic oxidation sites excluding steroid dienone is 2. The van der Waals surface area contributed by atoms with Gasteiger partial charge in [-0.3, -0.25) is 4.79 Å². The Hall–Kier alpha value is -1.08. The first-order valence-corrected chi connectivity index (χ1v) is 4.45. The number of benzene rings is 1. The first kappa shape index (κ1) is 10.0. The quantitative estimate of drug-likeness (QED) is 0.672. The Morgan fingerprint density at radius 1 is 1.23 bits per heavy atom. The van der Waals surface area contributed by atoms with Gasteiger partial charge >= 0.3 is 0 Å². The van der Waals surface area contributed by atoms with Crippen LogP contribution in [0.25, 0.3) is 0 Å². The van der Waals surface area contributed by atoms with Crippen LogP contribution in [0.3, 0.4) is 0 Å². The van der Waals surface area contributed by atoms with Crippen LogP contribution in [0.1, 0.15) is 12.0 Å². The summed E-state index contributed by atoms with van der Waals surface area (Å²) in [5.41, 5.74) is 1.19. The van der Waals surface area contributed by atoms with Crippen molar-refractivity contribution in [1.82, 2.24) is 0 Å². The Kier molecular flexibility index (Phi) is 4.27. The van der Waals surface area contributed by atoms with E-state index in [-0.39, 0.29) is 0 Å². The van der Waals surface area contributed by atoms with E-state index >= 15 is 0 Å². The van der Waals surface area contributed by atoms with Crippen LogP contribution < -0.4 is 0 Å². The zero-order valence-electron chi connectivity index (χ0n) is 7.16. The smallest absolute Gasteiger partial charge is 0.202 e. The average Bonchev–Trinajstić information content (AvgIpc) is 2.15. The van der Waals surface area contributed by atoms with Crippen molar-refractivity contribution < 1.29 is 4.79 Å². The second-order valence-corrected chi connectivity index (χ2v) is 3.09. The van der Waals surface area contributed by atoms with Gasteiger partial charge in [0.25, 0.3) is 0 Å². The molecular weight excluding hydrogens is 184 g/mol. The van der Waals surface area contributed by atoms with Crippen LogP contribution in [-0.4, -0.2) is 6.29 Å². The lowest BCUT2D eigenvalue weighted by atomic mass is 10.1. The third-order valence-corrected chi connectivity index (χ3v) is 1.89. The third-order valence-electron chi connectivity index (χ3n) is 1.63. The van der Waals surface area contributed by atoms with Crippen molar-refractivity contribution in [2.24, 2.45) is 0 Å². The van der Waals surface area contributed by atoms with Crippen LogP contribution in [-0.2, 0) is 11.2 Å². The number of hydrogen-bond acceptors (Lipinski definition) is 1. The van der Waals surface area contributed by atoms with E-state index in [0.29, 0.717) is 6.42 Å². The molecule has 0 aliphatic rings. The SMILES string of the molecule is O=[C]C/C=C/Cc1ccc(Cl)cc1. The Morgan fingerprint density at radius 3 is 2.54 bits per heavy atom. The summed E-state index contributed by atoms with van der Waals surface area (Å²) in [6, 6.07) is 7.65. The molecule has 1 radical (unpaired) electrons. The molecule has 0 saturated carbocycles. The molecule has 0 N–H and O–H groups in total. The van der Waals surface area contributed by atoms with Crippen LogP contribution in [0, 0.1) is 0 Å². The molecule has 13 heavy (non-hydrogen) atoms. The second kappa shape index (κ2) is 5.55. The van der Waals surface area contributed by atoms with Gasteiger partial charge in [-0.05, 0) is 24.1 Å². The van der Waals surface area contributed by atoms with Crippen LogP contribution in [0.2, 0.25) is 5.02 Å². The van der Waals surface area contributed by atoms with Crippen molar-refractivity contribution in [3.8, 4) is 0 Å².